The van der Waals surface area contributed by atoms with Crippen LogP contribution in [-0.4, -0.2) is 12.6 Å². The summed E-state index contributed by atoms with van der Waals surface area (Å²) in [5.41, 5.74) is 0.582. The van der Waals surface area contributed by atoms with Crippen LogP contribution in [0.4, 0.5) is 0 Å². The lowest BCUT2D eigenvalue weighted by Crippen LogP contribution is -2.23. The Bertz CT molecular complexity index is 233. The van der Waals surface area contributed by atoms with Crippen molar-refractivity contribution in [3.8, 4) is 0 Å². The molecule has 0 aromatic heterocycles. The average Bonchev–Trinajstić information content (AvgIpc) is 2.26. The van der Waals surface area contributed by atoms with E-state index >= 15 is 0 Å². The van der Waals surface area contributed by atoms with E-state index in [0.29, 0.717) is 30.4 Å². The van der Waals surface area contributed by atoms with Gasteiger partial charge < -0.3 is 4.74 Å². The van der Waals surface area contributed by atoms with Gasteiger partial charge in [-0.25, -0.2) is 4.79 Å². The third-order valence-corrected chi connectivity index (χ3v) is 3.43. The quantitative estimate of drug-likeness (QED) is 0.525. The maximum Gasteiger partial charge on any atom is 0.333 e. The van der Waals surface area contributed by atoms with Crippen molar-refractivity contribution in [3.05, 3.63) is 12.2 Å². The van der Waals surface area contributed by atoms with Crippen LogP contribution in [0.3, 0.4) is 0 Å². The first-order valence-corrected chi connectivity index (χ1v) is 6.00. The zero-order valence-electron chi connectivity index (χ0n) is 9.92. The minimum Gasteiger partial charge on any atom is -0.462 e. The second kappa shape index (κ2) is 5.94. The van der Waals surface area contributed by atoms with Gasteiger partial charge in [-0.3, -0.25) is 0 Å². The number of ether oxygens (including phenoxy) is 1. The Morgan fingerprint density at radius 1 is 1.40 bits per heavy atom. The molecule has 0 aromatic carbocycles. The number of esters is 1. The number of hydrogen-bond donors (Lipinski definition) is 0. The molecule has 0 amide bonds. The monoisotopic (exact) mass is 210 g/mol. The van der Waals surface area contributed by atoms with E-state index in [1.807, 2.05) is 6.92 Å². The topological polar surface area (TPSA) is 26.3 Å². The Kier molecular flexibility index (Phi) is 4.86. The van der Waals surface area contributed by atoms with Crippen LogP contribution >= 0.6 is 0 Å². The van der Waals surface area contributed by atoms with Crippen molar-refractivity contribution in [1.82, 2.24) is 0 Å². The van der Waals surface area contributed by atoms with Gasteiger partial charge in [-0.1, -0.05) is 39.7 Å². The van der Waals surface area contributed by atoms with E-state index < -0.39 is 0 Å². The van der Waals surface area contributed by atoms with Gasteiger partial charge in [0, 0.05) is 5.57 Å². The molecule has 0 heterocycles. The Hall–Kier alpha value is -0.790. The largest absolute Gasteiger partial charge is 0.462 e. The number of rotatable bonds is 4. The molecule has 15 heavy (non-hydrogen) atoms. The molecule has 1 aliphatic carbocycles. The second-order valence-corrected chi connectivity index (χ2v) is 4.58. The lowest BCUT2D eigenvalue weighted by Gasteiger charge is -2.28. The summed E-state index contributed by atoms with van der Waals surface area (Å²) in [6, 6.07) is 0. The molecule has 2 atom stereocenters. The predicted molar refractivity (Wildman–Crippen MR) is 61.5 cm³/mol. The molecule has 2 unspecified atom stereocenters. The van der Waals surface area contributed by atoms with Crippen LogP contribution in [0.5, 0.6) is 0 Å². The molecular weight excluding hydrogens is 188 g/mol. The highest BCUT2D eigenvalue weighted by Crippen LogP contribution is 2.29. The Labute approximate surface area is 92.7 Å². The zero-order chi connectivity index (χ0) is 11.3. The molecule has 86 valence electrons. The molecule has 2 nitrogen and oxygen atoms in total. The normalized spacial score (nSPS) is 26.0. The van der Waals surface area contributed by atoms with Gasteiger partial charge in [0.15, 0.2) is 0 Å². The van der Waals surface area contributed by atoms with Gasteiger partial charge in [-0.2, -0.15) is 0 Å². The Morgan fingerprint density at radius 2 is 2.07 bits per heavy atom. The first-order valence-electron chi connectivity index (χ1n) is 6.00. The van der Waals surface area contributed by atoms with E-state index in [1.54, 1.807) is 0 Å². The van der Waals surface area contributed by atoms with E-state index in [4.69, 9.17) is 4.74 Å². The summed E-state index contributed by atoms with van der Waals surface area (Å²) in [7, 11) is 0. The fourth-order valence-electron chi connectivity index (χ4n) is 2.07. The Balaban J connectivity index is 2.29. The third-order valence-electron chi connectivity index (χ3n) is 3.43. The van der Waals surface area contributed by atoms with Crippen LogP contribution in [0.2, 0.25) is 0 Å². The zero-order valence-corrected chi connectivity index (χ0v) is 9.92. The van der Waals surface area contributed by atoms with E-state index in [9.17, 15) is 4.79 Å². The van der Waals surface area contributed by atoms with E-state index in [-0.39, 0.29) is 5.97 Å². The summed E-state index contributed by atoms with van der Waals surface area (Å²) >= 11 is 0. The van der Waals surface area contributed by atoms with Crippen LogP contribution in [-0.2, 0) is 9.53 Å². The molecule has 0 aliphatic heterocycles. The standard InChI is InChI=1S/C13H22O2/c1-4-10(2)13(14)15-9-12-8-6-5-7-11(12)3/h11-12H,2,4-9H2,1,3H3. The molecule has 1 fully saturated rings. The molecule has 0 N–H and O–H groups in total. The van der Waals surface area contributed by atoms with Gasteiger partial charge in [0.1, 0.15) is 0 Å². The fourth-order valence-corrected chi connectivity index (χ4v) is 2.07. The van der Waals surface area contributed by atoms with Crippen molar-refractivity contribution in [2.45, 2.75) is 46.0 Å². The number of carbonyl (C=O) groups excluding carboxylic acids is 1. The summed E-state index contributed by atoms with van der Waals surface area (Å²) in [5.74, 6) is 1.05. The van der Waals surface area contributed by atoms with Crippen molar-refractivity contribution >= 4 is 5.97 Å². The molecule has 0 saturated heterocycles. The first-order chi connectivity index (χ1) is 7.15. The smallest absolute Gasteiger partial charge is 0.333 e. The summed E-state index contributed by atoms with van der Waals surface area (Å²) in [4.78, 5) is 11.4. The van der Waals surface area contributed by atoms with Gasteiger partial charge in [-0.05, 0) is 24.7 Å². The maximum atomic E-state index is 11.4. The average molecular weight is 210 g/mol. The van der Waals surface area contributed by atoms with Crippen LogP contribution < -0.4 is 0 Å². The van der Waals surface area contributed by atoms with E-state index in [0.717, 1.165) is 0 Å². The third kappa shape index (κ3) is 3.69. The molecule has 1 saturated carbocycles. The van der Waals surface area contributed by atoms with Crippen molar-refractivity contribution in [2.75, 3.05) is 6.61 Å². The molecule has 2 heteroatoms. The summed E-state index contributed by atoms with van der Waals surface area (Å²) in [6.07, 6.45) is 5.76. The summed E-state index contributed by atoms with van der Waals surface area (Å²) in [5, 5.41) is 0. The van der Waals surface area contributed by atoms with Gasteiger partial charge in [0.25, 0.3) is 0 Å². The number of carbonyl (C=O) groups is 1. The molecule has 0 radical (unpaired) electrons. The minimum atomic E-state index is -0.213. The van der Waals surface area contributed by atoms with Gasteiger partial charge in [0.2, 0.25) is 0 Å². The SMILES string of the molecule is C=C(CC)C(=O)OCC1CCCCC1C. The van der Waals surface area contributed by atoms with Gasteiger partial charge in [0.05, 0.1) is 6.61 Å². The van der Waals surface area contributed by atoms with E-state index in [2.05, 4.69) is 13.5 Å². The molecule has 0 aromatic rings. The van der Waals surface area contributed by atoms with Crippen LogP contribution in [0.15, 0.2) is 12.2 Å². The molecule has 1 rings (SSSR count). The molecule has 0 bridgehead atoms. The minimum absolute atomic E-state index is 0.213. The second-order valence-electron chi connectivity index (χ2n) is 4.58. The lowest BCUT2D eigenvalue weighted by molar-refractivity contribution is -0.141. The highest BCUT2D eigenvalue weighted by molar-refractivity contribution is 5.87. The van der Waals surface area contributed by atoms with Crippen LogP contribution in [0.25, 0.3) is 0 Å². The first kappa shape index (κ1) is 12.3. The van der Waals surface area contributed by atoms with Crippen molar-refractivity contribution in [1.29, 1.82) is 0 Å². The maximum absolute atomic E-state index is 11.4. The predicted octanol–water partition coefficient (Wildman–Crippen LogP) is 3.32. The summed E-state index contributed by atoms with van der Waals surface area (Å²) < 4.78 is 5.27. The highest BCUT2D eigenvalue weighted by Gasteiger charge is 2.22. The lowest BCUT2D eigenvalue weighted by atomic mass is 9.81. The highest BCUT2D eigenvalue weighted by atomic mass is 16.5. The van der Waals surface area contributed by atoms with Gasteiger partial charge in [-0.15, -0.1) is 0 Å². The Morgan fingerprint density at radius 3 is 2.67 bits per heavy atom. The molecular formula is C13H22O2. The van der Waals surface area contributed by atoms with Crippen molar-refractivity contribution in [2.24, 2.45) is 11.8 Å². The molecule has 0 spiro atoms. The number of hydrogen-bond acceptors (Lipinski definition) is 2. The molecule has 1 aliphatic rings. The summed E-state index contributed by atoms with van der Waals surface area (Å²) in [6.45, 7) is 8.44. The van der Waals surface area contributed by atoms with Crippen LogP contribution in [0.1, 0.15) is 46.0 Å². The van der Waals surface area contributed by atoms with E-state index in [1.165, 1.54) is 25.7 Å². The van der Waals surface area contributed by atoms with Crippen LogP contribution in [0, 0.1) is 11.8 Å². The fraction of sp³-hybridized carbons (Fsp3) is 0.769. The van der Waals surface area contributed by atoms with Gasteiger partial charge >= 0.3 is 5.97 Å². The van der Waals surface area contributed by atoms with Crippen molar-refractivity contribution < 1.29 is 9.53 Å². The van der Waals surface area contributed by atoms with Crippen molar-refractivity contribution in [3.63, 3.8) is 0 Å².